The van der Waals surface area contributed by atoms with Gasteiger partial charge in [0.05, 0.1) is 7.11 Å². The molecule has 0 aromatic heterocycles. The summed E-state index contributed by atoms with van der Waals surface area (Å²) in [6, 6.07) is 0. The first-order valence-corrected chi connectivity index (χ1v) is 3.85. The van der Waals surface area contributed by atoms with Crippen molar-refractivity contribution in [3.05, 3.63) is 0 Å². The van der Waals surface area contributed by atoms with Gasteiger partial charge in [0.15, 0.2) is 0 Å². The van der Waals surface area contributed by atoms with E-state index in [4.69, 9.17) is 14.9 Å². The third kappa shape index (κ3) is 1.93. The molecule has 0 aliphatic rings. The van der Waals surface area contributed by atoms with Gasteiger partial charge in [-0.15, -0.1) is 0 Å². The molecule has 0 radical (unpaired) electrons. The summed E-state index contributed by atoms with van der Waals surface area (Å²) < 4.78 is 10.1. The van der Waals surface area contributed by atoms with Crippen LogP contribution in [0.4, 0.5) is 0 Å². The molecule has 0 aliphatic carbocycles. The average molecular weight is 159 g/mol. The van der Waals surface area contributed by atoms with E-state index in [2.05, 4.69) is 0 Å². The summed E-state index contributed by atoms with van der Waals surface area (Å²) in [6.45, 7) is 3.97. The molecule has 0 rings (SSSR count). The van der Waals surface area contributed by atoms with Gasteiger partial charge in [-0.2, -0.15) is 0 Å². The van der Waals surface area contributed by atoms with Crippen molar-refractivity contribution in [3.63, 3.8) is 0 Å². The van der Waals surface area contributed by atoms with Gasteiger partial charge in [0.25, 0.3) is 0 Å². The van der Waals surface area contributed by atoms with Crippen LogP contribution in [0.2, 0.25) is 0 Å². The summed E-state index contributed by atoms with van der Waals surface area (Å²) in [5.74, 6) is 0.213. The van der Waals surface area contributed by atoms with Gasteiger partial charge in [-0.1, -0.05) is 13.8 Å². The second kappa shape index (κ2) is 4.34. The van der Waals surface area contributed by atoms with Crippen LogP contribution in [0.5, 0.6) is 0 Å². The summed E-state index contributed by atoms with van der Waals surface area (Å²) in [6.07, 6.45) is 1.54. The molecule has 0 saturated carbocycles. The maximum absolute atomic E-state index is 7.50. The van der Waals surface area contributed by atoms with E-state index in [0.717, 1.165) is 12.8 Å². The first-order chi connectivity index (χ1) is 5.16. The number of nitrogens with one attached hydrogen (secondary N) is 1. The number of hydrogen-bond acceptors (Lipinski definition) is 3. The predicted molar refractivity (Wildman–Crippen MR) is 45.1 cm³/mol. The van der Waals surface area contributed by atoms with Gasteiger partial charge in [0.2, 0.25) is 5.90 Å². The maximum Gasteiger partial charge on any atom is 0.213 e. The Labute approximate surface area is 68.2 Å². The Hall–Kier alpha value is -0.570. The van der Waals surface area contributed by atoms with Crippen molar-refractivity contribution in [3.8, 4) is 0 Å². The van der Waals surface area contributed by atoms with E-state index in [0.29, 0.717) is 0 Å². The van der Waals surface area contributed by atoms with Crippen molar-refractivity contribution in [1.29, 1.82) is 5.41 Å². The van der Waals surface area contributed by atoms with Crippen molar-refractivity contribution in [2.45, 2.75) is 32.3 Å². The Morgan fingerprint density at radius 2 is 1.73 bits per heavy atom. The van der Waals surface area contributed by atoms with Crippen LogP contribution in [0.3, 0.4) is 0 Å². The van der Waals surface area contributed by atoms with Crippen molar-refractivity contribution in [1.82, 2.24) is 0 Å². The van der Waals surface area contributed by atoms with Crippen molar-refractivity contribution in [2.24, 2.45) is 0 Å². The fourth-order valence-electron chi connectivity index (χ4n) is 1.14. The van der Waals surface area contributed by atoms with Crippen LogP contribution >= 0.6 is 0 Å². The predicted octanol–water partition coefficient (Wildman–Crippen LogP) is 1.82. The summed E-state index contributed by atoms with van der Waals surface area (Å²) >= 11 is 0. The molecule has 0 spiro atoms. The maximum atomic E-state index is 7.50. The topological polar surface area (TPSA) is 42.3 Å². The van der Waals surface area contributed by atoms with Crippen LogP contribution in [-0.4, -0.2) is 25.7 Å². The van der Waals surface area contributed by atoms with Crippen LogP contribution in [0, 0.1) is 5.41 Å². The number of hydrogen-bond donors (Lipinski definition) is 1. The molecule has 66 valence electrons. The first kappa shape index (κ1) is 10.4. The molecule has 3 nitrogen and oxygen atoms in total. The molecule has 0 saturated heterocycles. The Balaban J connectivity index is 4.39. The molecule has 3 heteroatoms. The van der Waals surface area contributed by atoms with Gasteiger partial charge >= 0.3 is 0 Å². The van der Waals surface area contributed by atoms with Crippen LogP contribution in [0.1, 0.15) is 26.7 Å². The van der Waals surface area contributed by atoms with E-state index in [1.165, 1.54) is 7.11 Å². The minimum Gasteiger partial charge on any atom is -0.482 e. The molecule has 0 atom stereocenters. The van der Waals surface area contributed by atoms with E-state index >= 15 is 0 Å². The first-order valence-electron chi connectivity index (χ1n) is 3.85. The Bertz CT molecular complexity index is 122. The van der Waals surface area contributed by atoms with E-state index in [1.54, 1.807) is 7.11 Å². The van der Waals surface area contributed by atoms with Crippen LogP contribution < -0.4 is 0 Å². The summed E-state index contributed by atoms with van der Waals surface area (Å²) in [5, 5.41) is 7.50. The highest BCUT2D eigenvalue weighted by molar-refractivity contribution is 5.82. The lowest BCUT2D eigenvalue weighted by atomic mass is 9.97. The monoisotopic (exact) mass is 159 g/mol. The van der Waals surface area contributed by atoms with Crippen LogP contribution in [0.15, 0.2) is 0 Å². The van der Waals surface area contributed by atoms with E-state index < -0.39 is 5.60 Å². The lowest BCUT2D eigenvalue weighted by Crippen LogP contribution is -2.39. The van der Waals surface area contributed by atoms with Crippen molar-refractivity contribution < 1.29 is 9.47 Å². The zero-order valence-electron chi connectivity index (χ0n) is 7.73. The molecule has 11 heavy (non-hydrogen) atoms. The number of methoxy groups -OCH3 is 2. The molecular weight excluding hydrogens is 142 g/mol. The third-order valence-corrected chi connectivity index (χ3v) is 2.15. The second-order valence-corrected chi connectivity index (χ2v) is 2.44. The molecule has 0 aromatic rings. The standard InChI is InChI=1S/C8H17NO2/c1-5-8(6-2,11-4)7(9)10-3/h9H,5-6H2,1-4H3. The molecule has 0 unspecified atom stereocenters. The van der Waals surface area contributed by atoms with E-state index in [1.807, 2.05) is 13.8 Å². The normalized spacial score (nSPS) is 11.3. The van der Waals surface area contributed by atoms with E-state index in [9.17, 15) is 0 Å². The minimum absolute atomic E-state index is 0.213. The van der Waals surface area contributed by atoms with Crippen LogP contribution in [-0.2, 0) is 9.47 Å². The molecule has 0 bridgehead atoms. The smallest absolute Gasteiger partial charge is 0.213 e. The average Bonchev–Trinajstić information content (AvgIpc) is 2.08. The highest BCUT2D eigenvalue weighted by Crippen LogP contribution is 2.20. The fraction of sp³-hybridized carbons (Fsp3) is 0.875. The molecule has 0 amide bonds. The fourth-order valence-corrected chi connectivity index (χ4v) is 1.14. The van der Waals surface area contributed by atoms with Gasteiger partial charge < -0.3 is 9.47 Å². The number of rotatable bonds is 4. The third-order valence-electron chi connectivity index (χ3n) is 2.15. The van der Waals surface area contributed by atoms with Gasteiger partial charge in [0.1, 0.15) is 5.60 Å². The Kier molecular flexibility index (Phi) is 4.11. The lowest BCUT2D eigenvalue weighted by molar-refractivity contribution is 0.0240. The van der Waals surface area contributed by atoms with E-state index in [-0.39, 0.29) is 5.90 Å². The van der Waals surface area contributed by atoms with Crippen LogP contribution in [0.25, 0.3) is 0 Å². The highest BCUT2D eigenvalue weighted by atomic mass is 16.5. The highest BCUT2D eigenvalue weighted by Gasteiger charge is 2.32. The SMILES string of the molecule is CCC(CC)(OC)C(=N)OC. The van der Waals surface area contributed by atoms with Gasteiger partial charge in [-0.25, -0.2) is 0 Å². The Morgan fingerprint density at radius 1 is 1.27 bits per heavy atom. The second-order valence-electron chi connectivity index (χ2n) is 2.44. The molecule has 1 N–H and O–H groups in total. The van der Waals surface area contributed by atoms with Crippen molar-refractivity contribution in [2.75, 3.05) is 14.2 Å². The summed E-state index contributed by atoms with van der Waals surface area (Å²) in [5.41, 5.74) is -0.505. The zero-order chi connectivity index (χ0) is 8.91. The molecule has 0 fully saturated rings. The van der Waals surface area contributed by atoms with Crippen molar-refractivity contribution >= 4 is 5.90 Å². The summed E-state index contributed by atoms with van der Waals surface area (Å²) in [4.78, 5) is 0. The molecule has 0 heterocycles. The molecule has 0 aliphatic heterocycles. The van der Waals surface area contributed by atoms with Gasteiger partial charge in [-0.3, -0.25) is 5.41 Å². The summed E-state index contributed by atoms with van der Waals surface area (Å²) in [7, 11) is 3.11. The lowest BCUT2D eigenvalue weighted by Gasteiger charge is -2.28. The molecule has 0 aromatic carbocycles. The largest absolute Gasteiger partial charge is 0.482 e. The number of ether oxygens (including phenoxy) is 2. The molecular formula is C8H17NO2. The quantitative estimate of drug-likeness (QED) is 0.502. The minimum atomic E-state index is -0.505. The van der Waals surface area contributed by atoms with Gasteiger partial charge in [-0.05, 0) is 12.8 Å². The Morgan fingerprint density at radius 3 is 1.82 bits per heavy atom. The zero-order valence-corrected chi connectivity index (χ0v) is 7.73. The van der Waals surface area contributed by atoms with Gasteiger partial charge in [0, 0.05) is 7.11 Å².